The van der Waals surface area contributed by atoms with E-state index in [2.05, 4.69) is 4.98 Å². The van der Waals surface area contributed by atoms with Gasteiger partial charge in [0.25, 0.3) is 11.7 Å². The largest absolute Gasteiger partial charge is 0.507 e. The quantitative estimate of drug-likeness (QED) is 0.430. The van der Waals surface area contributed by atoms with Crippen molar-refractivity contribution in [1.82, 2.24) is 4.98 Å². The molecule has 1 saturated heterocycles. The van der Waals surface area contributed by atoms with Crippen molar-refractivity contribution >= 4 is 23.1 Å². The summed E-state index contributed by atoms with van der Waals surface area (Å²) in [7, 11) is 0. The maximum atomic E-state index is 14.7. The topological polar surface area (TPSA) is 70.5 Å². The van der Waals surface area contributed by atoms with E-state index in [0.29, 0.717) is 11.3 Å². The molecule has 6 heteroatoms. The van der Waals surface area contributed by atoms with E-state index in [1.54, 1.807) is 48.5 Å². The fourth-order valence-electron chi connectivity index (χ4n) is 3.34. The highest BCUT2D eigenvalue weighted by Crippen LogP contribution is 2.42. The zero-order chi connectivity index (χ0) is 19.7. The van der Waals surface area contributed by atoms with E-state index >= 15 is 0 Å². The van der Waals surface area contributed by atoms with E-state index in [-0.39, 0.29) is 16.9 Å². The minimum atomic E-state index is -1.11. The van der Waals surface area contributed by atoms with Crippen LogP contribution in [0.2, 0.25) is 0 Å². The molecule has 1 aliphatic heterocycles. The van der Waals surface area contributed by atoms with Crippen LogP contribution in [0.15, 0.2) is 84.7 Å². The van der Waals surface area contributed by atoms with Gasteiger partial charge in [-0.25, -0.2) is 4.39 Å². The Balaban J connectivity index is 1.98. The number of Topliss-reactive ketones (excluding diaryl/α,β-unsaturated/α-hetero) is 1. The number of carbonyl (C=O) groups excluding carboxylic acids is 2. The molecule has 0 bridgehead atoms. The van der Waals surface area contributed by atoms with Gasteiger partial charge < -0.3 is 5.11 Å². The Hall–Kier alpha value is -3.80. The van der Waals surface area contributed by atoms with Crippen LogP contribution in [0.4, 0.5) is 10.1 Å². The van der Waals surface area contributed by atoms with Crippen LogP contribution in [0, 0.1) is 5.82 Å². The minimum Gasteiger partial charge on any atom is -0.507 e. The molecular formula is C22H15FN2O3. The molecule has 4 rings (SSSR count). The third-order valence-corrected chi connectivity index (χ3v) is 4.62. The molecule has 0 radical (unpaired) electrons. The molecule has 0 spiro atoms. The number of aliphatic hydroxyl groups is 1. The first-order valence-electron chi connectivity index (χ1n) is 8.60. The third-order valence-electron chi connectivity index (χ3n) is 4.62. The lowest BCUT2D eigenvalue weighted by atomic mass is 9.95. The maximum absolute atomic E-state index is 14.7. The molecule has 5 nitrogen and oxygen atoms in total. The van der Waals surface area contributed by atoms with Gasteiger partial charge in [0.05, 0.1) is 23.5 Å². The number of benzene rings is 2. The van der Waals surface area contributed by atoms with Crippen molar-refractivity contribution in [3.8, 4) is 0 Å². The lowest BCUT2D eigenvalue weighted by Crippen LogP contribution is -2.29. The van der Waals surface area contributed by atoms with Crippen molar-refractivity contribution in [2.24, 2.45) is 0 Å². The fourth-order valence-corrected chi connectivity index (χ4v) is 3.34. The number of amides is 1. The van der Waals surface area contributed by atoms with Crippen LogP contribution in [0.1, 0.15) is 17.2 Å². The summed E-state index contributed by atoms with van der Waals surface area (Å²) < 4.78 is 14.7. The van der Waals surface area contributed by atoms with E-state index in [4.69, 9.17) is 0 Å². The number of ketones is 1. The average molecular weight is 374 g/mol. The van der Waals surface area contributed by atoms with E-state index in [1.165, 1.54) is 35.5 Å². The standard InChI is InChI=1S/C22H15FN2O3/c23-17-11-5-4-10-16(17)19-18(20(26)14-7-2-1-3-8-14)21(27)22(28)25(19)15-9-6-12-24-13-15/h1-13,19,26H. The Morgan fingerprint density at radius 3 is 2.36 bits per heavy atom. The molecular weight excluding hydrogens is 359 g/mol. The van der Waals surface area contributed by atoms with Crippen molar-refractivity contribution < 1.29 is 19.1 Å². The number of pyridine rings is 1. The van der Waals surface area contributed by atoms with Crippen LogP contribution in [0.5, 0.6) is 0 Å². The Bertz CT molecular complexity index is 1080. The minimum absolute atomic E-state index is 0.114. The summed E-state index contributed by atoms with van der Waals surface area (Å²) in [5.74, 6) is -2.65. The average Bonchev–Trinajstić information content (AvgIpc) is 3.00. The molecule has 1 amide bonds. The monoisotopic (exact) mass is 374 g/mol. The van der Waals surface area contributed by atoms with Gasteiger partial charge in [0.15, 0.2) is 0 Å². The highest BCUT2D eigenvalue weighted by Gasteiger charge is 2.47. The van der Waals surface area contributed by atoms with Crippen LogP contribution in [0.25, 0.3) is 5.76 Å². The number of hydrogen-bond donors (Lipinski definition) is 1. The second-order valence-corrected chi connectivity index (χ2v) is 6.27. The summed E-state index contributed by atoms with van der Waals surface area (Å²) in [6.07, 6.45) is 2.95. The Morgan fingerprint density at radius 2 is 1.68 bits per heavy atom. The molecule has 0 aliphatic carbocycles. The summed E-state index contributed by atoms with van der Waals surface area (Å²) in [5.41, 5.74) is 0.658. The first-order chi connectivity index (χ1) is 13.6. The van der Waals surface area contributed by atoms with Crippen molar-refractivity contribution in [1.29, 1.82) is 0 Å². The predicted octanol–water partition coefficient (Wildman–Crippen LogP) is 3.85. The van der Waals surface area contributed by atoms with Gasteiger partial charge in [-0.2, -0.15) is 0 Å². The summed E-state index contributed by atoms with van der Waals surface area (Å²) in [5, 5.41) is 10.8. The van der Waals surface area contributed by atoms with Crippen LogP contribution >= 0.6 is 0 Å². The molecule has 0 saturated carbocycles. The third kappa shape index (κ3) is 2.85. The first-order valence-corrected chi connectivity index (χ1v) is 8.60. The zero-order valence-corrected chi connectivity index (χ0v) is 14.6. The number of aromatic nitrogens is 1. The molecule has 3 aromatic rings. The summed E-state index contributed by atoms with van der Waals surface area (Å²) in [4.78, 5) is 30.8. The molecule has 1 fully saturated rings. The molecule has 138 valence electrons. The van der Waals surface area contributed by atoms with E-state index < -0.39 is 23.5 Å². The Kier molecular flexibility index (Phi) is 4.45. The van der Waals surface area contributed by atoms with Crippen LogP contribution in [0.3, 0.4) is 0 Å². The Labute approximate surface area is 160 Å². The van der Waals surface area contributed by atoms with Crippen molar-refractivity contribution in [2.45, 2.75) is 6.04 Å². The van der Waals surface area contributed by atoms with Gasteiger partial charge in [0.2, 0.25) is 0 Å². The predicted molar refractivity (Wildman–Crippen MR) is 102 cm³/mol. The molecule has 1 N–H and O–H groups in total. The molecule has 1 aliphatic rings. The second-order valence-electron chi connectivity index (χ2n) is 6.27. The van der Waals surface area contributed by atoms with Gasteiger partial charge in [-0.05, 0) is 18.2 Å². The van der Waals surface area contributed by atoms with Crippen molar-refractivity contribution in [3.63, 3.8) is 0 Å². The molecule has 28 heavy (non-hydrogen) atoms. The first kappa shape index (κ1) is 17.6. The van der Waals surface area contributed by atoms with Gasteiger partial charge in [0.1, 0.15) is 11.6 Å². The van der Waals surface area contributed by atoms with Crippen LogP contribution < -0.4 is 4.90 Å². The number of nitrogens with zero attached hydrogens (tertiary/aromatic N) is 2. The van der Waals surface area contributed by atoms with Crippen molar-refractivity contribution in [3.05, 3.63) is 102 Å². The van der Waals surface area contributed by atoms with Gasteiger partial charge in [-0.1, -0.05) is 48.5 Å². The van der Waals surface area contributed by atoms with E-state index in [0.717, 1.165) is 0 Å². The number of halogens is 1. The summed E-state index contributed by atoms with van der Waals surface area (Å²) in [6.45, 7) is 0. The maximum Gasteiger partial charge on any atom is 0.300 e. The molecule has 2 aromatic carbocycles. The van der Waals surface area contributed by atoms with Gasteiger partial charge in [-0.3, -0.25) is 19.5 Å². The van der Waals surface area contributed by atoms with E-state index in [9.17, 15) is 19.1 Å². The molecule has 2 heterocycles. The summed E-state index contributed by atoms with van der Waals surface area (Å²) in [6, 6.07) is 16.4. The van der Waals surface area contributed by atoms with E-state index in [1.807, 2.05) is 0 Å². The molecule has 1 unspecified atom stereocenters. The van der Waals surface area contributed by atoms with Gasteiger partial charge in [-0.15, -0.1) is 0 Å². The van der Waals surface area contributed by atoms with Gasteiger partial charge in [0, 0.05) is 17.3 Å². The SMILES string of the molecule is O=C1C(=O)N(c2cccnc2)C(c2ccccc2F)C1=C(O)c1ccccc1. The smallest absolute Gasteiger partial charge is 0.300 e. The number of carbonyl (C=O) groups is 2. The second kappa shape index (κ2) is 7.08. The molecule has 1 aromatic heterocycles. The Morgan fingerprint density at radius 1 is 0.964 bits per heavy atom. The number of hydrogen-bond acceptors (Lipinski definition) is 4. The lowest BCUT2D eigenvalue weighted by Gasteiger charge is -2.25. The summed E-state index contributed by atoms with van der Waals surface area (Å²) >= 11 is 0. The highest BCUT2D eigenvalue weighted by atomic mass is 19.1. The zero-order valence-electron chi connectivity index (χ0n) is 14.6. The molecule has 1 atom stereocenters. The number of anilines is 1. The van der Waals surface area contributed by atoms with Crippen molar-refractivity contribution in [2.75, 3.05) is 4.90 Å². The number of rotatable bonds is 3. The van der Waals surface area contributed by atoms with Gasteiger partial charge >= 0.3 is 0 Å². The van der Waals surface area contributed by atoms with Crippen LogP contribution in [-0.4, -0.2) is 21.8 Å². The van der Waals surface area contributed by atoms with Crippen LogP contribution in [-0.2, 0) is 9.59 Å². The number of aliphatic hydroxyl groups excluding tert-OH is 1. The fraction of sp³-hybridized carbons (Fsp3) is 0.0455. The highest BCUT2D eigenvalue weighted by molar-refractivity contribution is 6.51. The normalized spacial score (nSPS) is 18.5. The lowest BCUT2D eigenvalue weighted by molar-refractivity contribution is -0.132.